The first-order chi connectivity index (χ1) is 14.1. The largest absolute Gasteiger partial charge is 0.379 e. The Morgan fingerprint density at radius 2 is 2.00 bits per heavy atom. The van der Waals surface area contributed by atoms with Crippen LogP contribution in [-0.4, -0.2) is 68.9 Å². The van der Waals surface area contributed by atoms with Gasteiger partial charge in [-0.25, -0.2) is 0 Å². The molecular formula is C23H40IN5O. The SMILES string of the molecule is CCNC(=NCC(C)N1CCOCC1C)NC(C)c1cccc(N2CCCC2)c1.I. The molecule has 2 heterocycles. The van der Waals surface area contributed by atoms with Gasteiger partial charge >= 0.3 is 0 Å². The van der Waals surface area contributed by atoms with Crippen LogP contribution < -0.4 is 15.5 Å². The third-order valence-corrected chi connectivity index (χ3v) is 6.04. The number of benzene rings is 1. The molecule has 7 heteroatoms. The lowest BCUT2D eigenvalue weighted by molar-refractivity contribution is -0.0165. The fourth-order valence-corrected chi connectivity index (χ4v) is 4.30. The fraction of sp³-hybridized carbons (Fsp3) is 0.696. The molecule has 2 aliphatic rings. The lowest BCUT2D eigenvalue weighted by Crippen LogP contribution is -2.49. The molecule has 1 aromatic carbocycles. The highest BCUT2D eigenvalue weighted by molar-refractivity contribution is 14.0. The summed E-state index contributed by atoms with van der Waals surface area (Å²) in [5, 5.41) is 7.01. The van der Waals surface area contributed by atoms with Crippen LogP contribution in [0.1, 0.15) is 52.1 Å². The lowest BCUT2D eigenvalue weighted by Gasteiger charge is -2.37. The molecule has 2 N–H and O–H groups in total. The van der Waals surface area contributed by atoms with Crippen LogP contribution in [0.15, 0.2) is 29.3 Å². The summed E-state index contributed by atoms with van der Waals surface area (Å²) in [6.45, 7) is 15.4. The Bertz CT molecular complexity index is 665. The Labute approximate surface area is 199 Å². The van der Waals surface area contributed by atoms with Gasteiger partial charge in [-0.15, -0.1) is 24.0 Å². The molecule has 2 aliphatic heterocycles. The predicted molar refractivity (Wildman–Crippen MR) is 137 cm³/mol. The van der Waals surface area contributed by atoms with Crippen molar-refractivity contribution in [3.8, 4) is 0 Å². The maximum atomic E-state index is 5.57. The van der Waals surface area contributed by atoms with Gasteiger partial charge in [-0.1, -0.05) is 12.1 Å². The van der Waals surface area contributed by atoms with Gasteiger partial charge in [0.15, 0.2) is 5.96 Å². The van der Waals surface area contributed by atoms with E-state index in [1.54, 1.807) is 0 Å². The number of ether oxygens (including phenoxy) is 1. The summed E-state index contributed by atoms with van der Waals surface area (Å²) in [6, 6.07) is 9.99. The molecular weight excluding hydrogens is 489 g/mol. The van der Waals surface area contributed by atoms with Gasteiger partial charge in [0.05, 0.1) is 25.8 Å². The second kappa shape index (κ2) is 12.7. The highest BCUT2D eigenvalue weighted by atomic mass is 127. The molecule has 2 saturated heterocycles. The second-order valence-electron chi connectivity index (χ2n) is 8.39. The summed E-state index contributed by atoms with van der Waals surface area (Å²) in [7, 11) is 0. The summed E-state index contributed by atoms with van der Waals surface area (Å²) in [4.78, 5) is 9.88. The Morgan fingerprint density at radius 3 is 2.70 bits per heavy atom. The van der Waals surface area contributed by atoms with Crippen LogP contribution >= 0.6 is 24.0 Å². The van der Waals surface area contributed by atoms with Gasteiger partial charge in [0, 0.05) is 44.0 Å². The number of nitrogens with zero attached hydrogens (tertiary/aromatic N) is 3. The van der Waals surface area contributed by atoms with E-state index >= 15 is 0 Å². The molecule has 170 valence electrons. The van der Waals surface area contributed by atoms with Gasteiger partial charge < -0.3 is 20.3 Å². The Balaban J connectivity index is 0.00000320. The van der Waals surface area contributed by atoms with Gasteiger partial charge in [-0.05, 0) is 58.2 Å². The number of hydrogen-bond acceptors (Lipinski definition) is 4. The van der Waals surface area contributed by atoms with Crippen molar-refractivity contribution >= 4 is 35.6 Å². The highest BCUT2D eigenvalue weighted by Gasteiger charge is 2.23. The summed E-state index contributed by atoms with van der Waals surface area (Å²) >= 11 is 0. The zero-order valence-corrected chi connectivity index (χ0v) is 21.4. The van der Waals surface area contributed by atoms with Crippen LogP contribution in [-0.2, 0) is 4.74 Å². The van der Waals surface area contributed by atoms with Crippen molar-refractivity contribution in [3.63, 3.8) is 0 Å². The average Bonchev–Trinajstić information content (AvgIpc) is 3.27. The van der Waals surface area contributed by atoms with Crippen LogP contribution in [0.2, 0.25) is 0 Å². The topological polar surface area (TPSA) is 52.1 Å². The lowest BCUT2D eigenvalue weighted by atomic mass is 10.1. The number of hydrogen-bond donors (Lipinski definition) is 2. The maximum Gasteiger partial charge on any atom is 0.191 e. The van der Waals surface area contributed by atoms with Crippen molar-refractivity contribution in [2.45, 2.75) is 58.7 Å². The molecule has 30 heavy (non-hydrogen) atoms. The number of guanidine groups is 1. The molecule has 0 aromatic heterocycles. The number of rotatable bonds is 7. The molecule has 0 radical (unpaired) electrons. The van der Waals surface area contributed by atoms with Crippen LogP contribution in [0.4, 0.5) is 5.69 Å². The molecule has 2 fully saturated rings. The van der Waals surface area contributed by atoms with E-state index in [2.05, 4.69) is 72.4 Å². The zero-order valence-electron chi connectivity index (χ0n) is 19.1. The number of anilines is 1. The smallest absolute Gasteiger partial charge is 0.191 e. The van der Waals surface area contributed by atoms with Crippen LogP contribution in [0.5, 0.6) is 0 Å². The molecule has 0 saturated carbocycles. The number of halogens is 1. The van der Waals surface area contributed by atoms with Gasteiger partial charge in [0.25, 0.3) is 0 Å². The van der Waals surface area contributed by atoms with Crippen molar-refractivity contribution in [2.24, 2.45) is 4.99 Å². The molecule has 0 bridgehead atoms. The first kappa shape index (κ1) is 25.2. The minimum Gasteiger partial charge on any atom is -0.379 e. The van der Waals surface area contributed by atoms with Crippen molar-refractivity contribution in [1.29, 1.82) is 0 Å². The fourth-order valence-electron chi connectivity index (χ4n) is 4.30. The van der Waals surface area contributed by atoms with E-state index < -0.39 is 0 Å². The van der Waals surface area contributed by atoms with Crippen LogP contribution in [0.25, 0.3) is 0 Å². The third kappa shape index (κ3) is 6.99. The summed E-state index contributed by atoms with van der Waals surface area (Å²) in [5.41, 5.74) is 2.64. The zero-order chi connectivity index (χ0) is 20.6. The van der Waals surface area contributed by atoms with E-state index in [1.807, 2.05) is 0 Å². The summed E-state index contributed by atoms with van der Waals surface area (Å²) in [6.07, 6.45) is 2.60. The minimum atomic E-state index is 0. The Kier molecular flexibility index (Phi) is 10.7. The second-order valence-corrected chi connectivity index (χ2v) is 8.39. The van der Waals surface area contributed by atoms with E-state index in [9.17, 15) is 0 Å². The van der Waals surface area contributed by atoms with E-state index in [1.165, 1.54) is 37.2 Å². The minimum absolute atomic E-state index is 0. The van der Waals surface area contributed by atoms with E-state index in [-0.39, 0.29) is 30.0 Å². The molecule has 0 amide bonds. The Hall–Kier alpha value is -1.06. The molecule has 0 aliphatic carbocycles. The molecule has 3 rings (SSSR count). The van der Waals surface area contributed by atoms with E-state index in [4.69, 9.17) is 9.73 Å². The molecule has 3 unspecified atom stereocenters. The van der Waals surface area contributed by atoms with Gasteiger partial charge in [0.2, 0.25) is 0 Å². The Morgan fingerprint density at radius 1 is 1.23 bits per heavy atom. The number of aliphatic imine (C=N–C) groups is 1. The first-order valence-corrected chi connectivity index (χ1v) is 11.3. The molecule has 3 atom stereocenters. The van der Waals surface area contributed by atoms with Gasteiger partial charge in [-0.2, -0.15) is 0 Å². The van der Waals surface area contributed by atoms with Crippen molar-refractivity contribution < 1.29 is 4.74 Å². The maximum absolute atomic E-state index is 5.57. The highest BCUT2D eigenvalue weighted by Crippen LogP contribution is 2.24. The number of morpholine rings is 1. The van der Waals surface area contributed by atoms with Crippen LogP contribution in [0, 0.1) is 0 Å². The normalized spacial score (nSPS) is 22.3. The predicted octanol–water partition coefficient (Wildman–Crippen LogP) is 3.63. The molecule has 6 nitrogen and oxygen atoms in total. The van der Waals surface area contributed by atoms with Crippen molar-refractivity contribution in [2.75, 3.05) is 50.8 Å². The molecule has 1 aromatic rings. The molecule has 0 spiro atoms. The summed E-state index contributed by atoms with van der Waals surface area (Å²) < 4.78 is 5.57. The quantitative estimate of drug-likeness (QED) is 0.321. The van der Waals surface area contributed by atoms with E-state index in [0.29, 0.717) is 12.1 Å². The van der Waals surface area contributed by atoms with Crippen molar-refractivity contribution in [3.05, 3.63) is 29.8 Å². The van der Waals surface area contributed by atoms with E-state index in [0.717, 1.165) is 38.8 Å². The van der Waals surface area contributed by atoms with Crippen LogP contribution in [0.3, 0.4) is 0 Å². The first-order valence-electron chi connectivity index (χ1n) is 11.3. The number of nitrogens with one attached hydrogen (secondary N) is 2. The summed E-state index contributed by atoms with van der Waals surface area (Å²) in [5.74, 6) is 0.888. The van der Waals surface area contributed by atoms with Crippen molar-refractivity contribution in [1.82, 2.24) is 15.5 Å². The van der Waals surface area contributed by atoms with Gasteiger partial charge in [0.1, 0.15) is 0 Å². The standard InChI is InChI=1S/C23H39N5O.HI/c1-5-24-23(25-16-18(2)28-13-14-29-17-19(28)3)26-20(4)21-9-8-10-22(15-21)27-11-6-7-12-27;/h8-10,15,18-20H,5-7,11-14,16-17H2,1-4H3,(H2,24,25,26);1H. The van der Waals surface area contributed by atoms with Gasteiger partial charge in [-0.3, -0.25) is 9.89 Å². The third-order valence-electron chi connectivity index (χ3n) is 6.04. The average molecular weight is 530 g/mol. The monoisotopic (exact) mass is 529 g/mol.